The quantitative estimate of drug-likeness (QED) is 0.349. The molecule has 1 spiro atoms. The highest BCUT2D eigenvalue weighted by Crippen LogP contribution is 2.43. The molecule has 0 bridgehead atoms. The summed E-state index contributed by atoms with van der Waals surface area (Å²) in [5.41, 5.74) is 2.87. The third-order valence-corrected chi connectivity index (χ3v) is 8.46. The standard InChI is InChI=1S/C27H35N5OS/c1-33-24-11-6-5-10-23(24)32-19-14-27(15-20-32)12-17-31(18-13-27)16-7-21-34-26-28-25(29-30-26)22-8-3-2-4-9-22/h2-6,8-11H,7,12-21H2,1H3,(H,28,29,30). The fourth-order valence-corrected chi connectivity index (χ4v) is 6.07. The summed E-state index contributed by atoms with van der Waals surface area (Å²) < 4.78 is 5.59. The average Bonchev–Trinajstić information content (AvgIpc) is 3.38. The summed E-state index contributed by atoms with van der Waals surface area (Å²) in [6.07, 6.45) is 6.43. The molecule has 2 aromatic carbocycles. The summed E-state index contributed by atoms with van der Waals surface area (Å²) in [6, 6.07) is 18.6. The molecule has 0 saturated carbocycles. The Hall–Kier alpha value is -2.51. The number of piperidine rings is 2. The van der Waals surface area contributed by atoms with Crippen molar-refractivity contribution in [3.63, 3.8) is 0 Å². The van der Waals surface area contributed by atoms with Crippen molar-refractivity contribution < 1.29 is 4.74 Å². The first-order valence-electron chi connectivity index (χ1n) is 12.5. The van der Waals surface area contributed by atoms with Crippen LogP contribution in [-0.2, 0) is 0 Å². The number of hydrogen-bond donors (Lipinski definition) is 1. The molecule has 0 radical (unpaired) electrons. The zero-order chi connectivity index (χ0) is 23.2. The van der Waals surface area contributed by atoms with Crippen molar-refractivity contribution in [3.05, 3.63) is 54.6 Å². The molecule has 34 heavy (non-hydrogen) atoms. The van der Waals surface area contributed by atoms with E-state index in [1.165, 1.54) is 57.4 Å². The molecule has 1 aromatic heterocycles. The van der Waals surface area contributed by atoms with E-state index in [0.29, 0.717) is 5.41 Å². The van der Waals surface area contributed by atoms with Crippen LogP contribution in [0.15, 0.2) is 59.8 Å². The number of thioether (sulfide) groups is 1. The lowest BCUT2D eigenvalue weighted by molar-refractivity contribution is 0.0801. The van der Waals surface area contributed by atoms with Crippen LogP contribution < -0.4 is 9.64 Å². The predicted molar refractivity (Wildman–Crippen MR) is 140 cm³/mol. The fourth-order valence-electron chi connectivity index (χ4n) is 5.35. The van der Waals surface area contributed by atoms with E-state index in [1.54, 1.807) is 18.9 Å². The van der Waals surface area contributed by atoms with Crippen molar-refractivity contribution in [2.24, 2.45) is 5.41 Å². The van der Waals surface area contributed by atoms with E-state index in [9.17, 15) is 0 Å². The van der Waals surface area contributed by atoms with Gasteiger partial charge in [0, 0.05) is 24.4 Å². The smallest absolute Gasteiger partial charge is 0.208 e. The molecular weight excluding hydrogens is 442 g/mol. The maximum absolute atomic E-state index is 5.59. The first kappa shape index (κ1) is 23.2. The number of H-pyrrole nitrogens is 1. The third kappa shape index (κ3) is 5.41. The minimum atomic E-state index is 0.538. The van der Waals surface area contributed by atoms with Crippen LogP contribution in [0.25, 0.3) is 11.4 Å². The number of aromatic amines is 1. The van der Waals surface area contributed by atoms with Crippen molar-refractivity contribution in [2.75, 3.05) is 50.5 Å². The summed E-state index contributed by atoms with van der Waals surface area (Å²) >= 11 is 1.75. The minimum absolute atomic E-state index is 0.538. The van der Waals surface area contributed by atoms with E-state index in [1.807, 2.05) is 18.2 Å². The molecule has 0 aliphatic carbocycles. The van der Waals surface area contributed by atoms with E-state index in [4.69, 9.17) is 4.74 Å². The number of ether oxygens (including phenoxy) is 1. The van der Waals surface area contributed by atoms with Crippen molar-refractivity contribution >= 4 is 17.4 Å². The first-order valence-corrected chi connectivity index (χ1v) is 13.4. The number of likely N-dealkylation sites (tertiary alicyclic amines) is 1. The lowest BCUT2D eigenvalue weighted by atomic mass is 9.71. The Bertz CT molecular complexity index is 1040. The number of nitrogens with one attached hydrogen (secondary N) is 1. The second-order valence-corrected chi connectivity index (χ2v) is 10.6. The number of para-hydroxylation sites is 2. The number of benzene rings is 2. The second-order valence-electron chi connectivity index (χ2n) is 9.54. The topological polar surface area (TPSA) is 57.3 Å². The van der Waals surface area contributed by atoms with Crippen LogP contribution in [0.2, 0.25) is 0 Å². The maximum Gasteiger partial charge on any atom is 0.208 e. The SMILES string of the molecule is COc1ccccc1N1CCC2(CCN(CCCSc3n[nH]c(-c4ccccc4)n3)CC2)CC1. The lowest BCUT2D eigenvalue weighted by Gasteiger charge is -2.47. The van der Waals surface area contributed by atoms with E-state index >= 15 is 0 Å². The average molecular weight is 478 g/mol. The molecule has 0 amide bonds. The van der Waals surface area contributed by atoms with Gasteiger partial charge in [0.2, 0.25) is 5.16 Å². The highest BCUT2D eigenvalue weighted by atomic mass is 32.2. The predicted octanol–water partition coefficient (Wildman–Crippen LogP) is 5.35. The molecule has 180 valence electrons. The lowest BCUT2D eigenvalue weighted by Crippen LogP contribution is -2.47. The summed E-state index contributed by atoms with van der Waals surface area (Å²) in [4.78, 5) is 9.80. The van der Waals surface area contributed by atoms with Crippen molar-refractivity contribution in [1.82, 2.24) is 20.1 Å². The van der Waals surface area contributed by atoms with Crippen molar-refractivity contribution in [3.8, 4) is 17.1 Å². The zero-order valence-corrected chi connectivity index (χ0v) is 20.9. The normalized spacial score (nSPS) is 18.3. The number of nitrogens with zero attached hydrogens (tertiary/aromatic N) is 4. The largest absolute Gasteiger partial charge is 0.495 e. The van der Waals surface area contributed by atoms with E-state index in [2.05, 4.69) is 61.4 Å². The number of methoxy groups -OCH3 is 1. The highest BCUT2D eigenvalue weighted by molar-refractivity contribution is 7.99. The monoisotopic (exact) mass is 477 g/mol. The summed E-state index contributed by atoms with van der Waals surface area (Å²) in [5.74, 6) is 2.90. The van der Waals surface area contributed by atoms with Gasteiger partial charge in [-0.2, -0.15) is 0 Å². The molecule has 5 rings (SSSR count). The highest BCUT2D eigenvalue weighted by Gasteiger charge is 2.37. The number of rotatable bonds is 8. The molecular formula is C27H35N5OS. The zero-order valence-electron chi connectivity index (χ0n) is 20.1. The van der Waals surface area contributed by atoms with Gasteiger partial charge in [-0.05, 0) is 69.3 Å². The van der Waals surface area contributed by atoms with Gasteiger partial charge in [0.25, 0.3) is 0 Å². The van der Waals surface area contributed by atoms with Crippen molar-refractivity contribution in [2.45, 2.75) is 37.3 Å². The summed E-state index contributed by atoms with van der Waals surface area (Å²) in [5, 5.41) is 8.28. The molecule has 6 nitrogen and oxygen atoms in total. The van der Waals surface area contributed by atoms with Crippen LogP contribution in [0.5, 0.6) is 5.75 Å². The minimum Gasteiger partial charge on any atom is -0.495 e. The molecule has 3 heterocycles. The molecule has 2 aliphatic heterocycles. The fraction of sp³-hybridized carbons (Fsp3) is 0.481. The van der Waals surface area contributed by atoms with Gasteiger partial charge in [0.1, 0.15) is 5.75 Å². The third-order valence-electron chi connectivity index (χ3n) is 7.53. The van der Waals surface area contributed by atoms with E-state index in [0.717, 1.165) is 41.1 Å². The van der Waals surface area contributed by atoms with Crippen LogP contribution in [-0.4, -0.2) is 65.7 Å². The van der Waals surface area contributed by atoms with Gasteiger partial charge in [0.15, 0.2) is 5.82 Å². The molecule has 2 aliphatic rings. The van der Waals surface area contributed by atoms with Gasteiger partial charge in [-0.25, -0.2) is 4.98 Å². The summed E-state index contributed by atoms with van der Waals surface area (Å²) in [7, 11) is 1.77. The Kier molecular flexibility index (Phi) is 7.40. The first-order chi connectivity index (χ1) is 16.7. The van der Waals surface area contributed by atoms with E-state index in [-0.39, 0.29) is 0 Å². The van der Waals surface area contributed by atoms with Gasteiger partial charge in [-0.1, -0.05) is 54.2 Å². The summed E-state index contributed by atoms with van der Waals surface area (Å²) in [6.45, 7) is 5.92. The molecule has 7 heteroatoms. The van der Waals surface area contributed by atoms with Crippen LogP contribution in [0.4, 0.5) is 5.69 Å². The number of aromatic nitrogens is 3. The van der Waals surface area contributed by atoms with Crippen LogP contribution >= 0.6 is 11.8 Å². The Morgan fingerprint density at radius 3 is 2.41 bits per heavy atom. The Labute approximate surface area is 207 Å². The van der Waals surface area contributed by atoms with Gasteiger partial charge in [-0.15, -0.1) is 5.10 Å². The van der Waals surface area contributed by atoms with Crippen LogP contribution in [0, 0.1) is 5.41 Å². The number of anilines is 1. The molecule has 3 aromatic rings. The molecule has 0 unspecified atom stereocenters. The van der Waals surface area contributed by atoms with Crippen LogP contribution in [0.3, 0.4) is 0 Å². The van der Waals surface area contributed by atoms with Crippen molar-refractivity contribution in [1.29, 1.82) is 0 Å². The molecule has 1 N–H and O–H groups in total. The van der Waals surface area contributed by atoms with Gasteiger partial charge < -0.3 is 14.5 Å². The van der Waals surface area contributed by atoms with Gasteiger partial charge >= 0.3 is 0 Å². The Morgan fingerprint density at radius 2 is 1.65 bits per heavy atom. The molecule has 2 fully saturated rings. The second kappa shape index (κ2) is 10.8. The van der Waals surface area contributed by atoms with Gasteiger partial charge in [0.05, 0.1) is 12.8 Å². The van der Waals surface area contributed by atoms with E-state index < -0.39 is 0 Å². The molecule has 2 saturated heterocycles. The Morgan fingerprint density at radius 1 is 0.941 bits per heavy atom. The van der Waals surface area contributed by atoms with Gasteiger partial charge in [-0.3, -0.25) is 5.10 Å². The van der Waals surface area contributed by atoms with Crippen LogP contribution in [0.1, 0.15) is 32.1 Å². The maximum atomic E-state index is 5.59. The Balaban J connectivity index is 1.02. The number of hydrogen-bond acceptors (Lipinski definition) is 6. The molecule has 0 atom stereocenters.